The third kappa shape index (κ3) is 4.47. The highest BCUT2D eigenvalue weighted by Gasteiger charge is 2.20. The zero-order valence-corrected chi connectivity index (χ0v) is 26.3. The Hall–Kier alpha value is -6.44. The highest BCUT2D eigenvalue weighted by Crippen LogP contribution is 2.47. The Labute approximate surface area is 291 Å². The minimum absolute atomic E-state index is 0.168. The van der Waals surface area contributed by atoms with Gasteiger partial charge >= 0.3 is 0 Å². The fraction of sp³-hybridized carbons (Fsp3) is 0. The lowest BCUT2D eigenvalue weighted by Crippen LogP contribution is -1.91. The maximum atomic E-state index is 8.64. The standard InChI is InChI=1S/C48H30O/c1-2-11-31(12-3-1)37-27-28-44-43(30-37)48-42(19-10-20-45(48)49-44)47-40-17-8-6-15-38(40)46(39-16-7-9-18-41(39)47)34-24-21-33(22-25-34)36-26-23-32-13-4-5-14-35(32)29-36/h1-30H/i1D,2D,3D,11D,12D. The highest BCUT2D eigenvalue weighted by molar-refractivity contribution is 6.25. The Morgan fingerprint density at radius 1 is 0.367 bits per heavy atom. The Morgan fingerprint density at radius 3 is 1.69 bits per heavy atom. The number of furan rings is 1. The van der Waals surface area contributed by atoms with E-state index in [0.29, 0.717) is 16.7 Å². The monoisotopic (exact) mass is 627 g/mol. The van der Waals surface area contributed by atoms with Crippen LogP contribution in [0.4, 0.5) is 0 Å². The second-order valence-corrected chi connectivity index (χ2v) is 12.5. The second-order valence-electron chi connectivity index (χ2n) is 12.5. The molecule has 0 unspecified atom stereocenters. The first-order chi connectivity index (χ1) is 26.4. The molecule has 0 atom stereocenters. The lowest BCUT2D eigenvalue weighted by Gasteiger charge is -2.18. The van der Waals surface area contributed by atoms with Crippen LogP contribution in [0.2, 0.25) is 0 Å². The molecule has 1 heteroatoms. The van der Waals surface area contributed by atoms with Gasteiger partial charge < -0.3 is 4.42 Å². The van der Waals surface area contributed by atoms with Crippen LogP contribution in [-0.2, 0) is 0 Å². The van der Waals surface area contributed by atoms with Crippen LogP contribution in [0.1, 0.15) is 6.85 Å². The van der Waals surface area contributed by atoms with E-state index >= 15 is 0 Å². The van der Waals surface area contributed by atoms with Crippen molar-refractivity contribution in [2.75, 3.05) is 0 Å². The third-order valence-electron chi connectivity index (χ3n) is 9.74. The first kappa shape index (κ1) is 23.0. The molecule has 0 fully saturated rings. The lowest BCUT2D eigenvalue weighted by molar-refractivity contribution is 0.669. The molecule has 0 N–H and O–H groups in total. The normalized spacial score (nSPS) is 13.1. The molecule has 1 aromatic heterocycles. The number of fused-ring (bicyclic) bond motifs is 6. The molecule has 10 aromatic rings. The first-order valence-electron chi connectivity index (χ1n) is 18.9. The summed E-state index contributed by atoms with van der Waals surface area (Å²) >= 11 is 0. The van der Waals surface area contributed by atoms with Gasteiger partial charge in [-0.25, -0.2) is 0 Å². The Bertz CT molecular complexity index is 3070. The van der Waals surface area contributed by atoms with Crippen LogP contribution in [0.5, 0.6) is 0 Å². The molecule has 1 heterocycles. The van der Waals surface area contributed by atoms with Gasteiger partial charge in [0.05, 0.1) is 6.85 Å². The van der Waals surface area contributed by atoms with Crippen LogP contribution in [0.3, 0.4) is 0 Å². The Kier molecular flexibility index (Phi) is 5.20. The summed E-state index contributed by atoms with van der Waals surface area (Å²) in [7, 11) is 0. The molecular weight excluding hydrogens is 593 g/mol. The van der Waals surface area contributed by atoms with Crippen LogP contribution >= 0.6 is 0 Å². The third-order valence-corrected chi connectivity index (χ3v) is 9.74. The van der Waals surface area contributed by atoms with E-state index in [9.17, 15) is 0 Å². The molecule has 0 aliphatic rings. The zero-order valence-electron chi connectivity index (χ0n) is 31.3. The Balaban J connectivity index is 1.19. The summed E-state index contributed by atoms with van der Waals surface area (Å²) in [4.78, 5) is 0. The first-order valence-corrected chi connectivity index (χ1v) is 16.4. The van der Waals surface area contributed by atoms with E-state index in [1.165, 1.54) is 21.9 Å². The highest BCUT2D eigenvalue weighted by atomic mass is 16.3. The van der Waals surface area contributed by atoms with Gasteiger partial charge in [0, 0.05) is 10.8 Å². The van der Waals surface area contributed by atoms with Crippen LogP contribution in [0.25, 0.3) is 98.8 Å². The summed E-state index contributed by atoms with van der Waals surface area (Å²) in [6.07, 6.45) is 0. The fourth-order valence-corrected chi connectivity index (χ4v) is 7.51. The molecule has 0 saturated carbocycles. The van der Waals surface area contributed by atoms with Gasteiger partial charge in [0.2, 0.25) is 0 Å². The van der Waals surface area contributed by atoms with Crippen LogP contribution in [0.15, 0.2) is 186 Å². The maximum Gasteiger partial charge on any atom is 0.136 e. The van der Waals surface area contributed by atoms with Crippen molar-refractivity contribution >= 4 is 54.3 Å². The summed E-state index contributed by atoms with van der Waals surface area (Å²) in [6, 6.07) is 51.0. The molecule has 0 radical (unpaired) electrons. The molecule has 1 nitrogen and oxygen atoms in total. The van der Waals surface area contributed by atoms with Crippen molar-refractivity contribution in [3.05, 3.63) is 182 Å². The molecular formula is C48H30O. The topological polar surface area (TPSA) is 13.1 Å². The predicted octanol–water partition coefficient (Wildman–Crippen LogP) is 13.7. The average Bonchev–Trinajstić information content (AvgIpc) is 3.60. The smallest absolute Gasteiger partial charge is 0.136 e. The minimum Gasteiger partial charge on any atom is -0.456 e. The number of hydrogen-bond acceptors (Lipinski definition) is 1. The predicted molar refractivity (Wildman–Crippen MR) is 208 cm³/mol. The largest absolute Gasteiger partial charge is 0.456 e. The summed E-state index contributed by atoms with van der Waals surface area (Å²) in [5, 5.41) is 8.64. The van der Waals surface area contributed by atoms with Crippen molar-refractivity contribution in [1.82, 2.24) is 0 Å². The molecule has 0 saturated heterocycles. The summed E-state index contributed by atoms with van der Waals surface area (Å²) in [6.45, 7) is 0. The zero-order chi connectivity index (χ0) is 36.7. The van der Waals surface area contributed by atoms with Crippen molar-refractivity contribution in [2.45, 2.75) is 0 Å². The molecule has 0 aliphatic heterocycles. The van der Waals surface area contributed by atoms with Crippen LogP contribution in [0, 0.1) is 0 Å². The van der Waals surface area contributed by atoms with E-state index in [-0.39, 0.29) is 29.7 Å². The van der Waals surface area contributed by atoms with Gasteiger partial charge in [0.15, 0.2) is 0 Å². The van der Waals surface area contributed by atoms with Crippen molar-refractivity contribution in [1.29, 1.82) is 0 Å². The van der Waals surface area contributed by atoms with Crippen molar-refractivity contribution in [3.63, 3.8) is 0 Å². The van der Waals surface area contributed by atoms with Gasteiger partial charge in [0.25, 0.3) is 0 Å². The molecule has 0 aliphatic carbocycles. The van der Waals surface area contributed by atoms with Crippen molar-refractivity contribution in [3.8, 4) is 44.5 Å². The van der Waals surface area contributed by atoms with E-state index < -0.39 is 6.04 Å². The Morgan fingerprint density at radius 2 is 0.959 bits per heavy atom. The number of benzene rings is 9. The van der Waals surface area contributed by atoms with Gasteiger partial charge in [-0.3, -0.25) is 0 Å². The van der Waals surface area contributed by atoms with Crippen LogP contribution < -0.4 is 0 Å². The average molecular weight is 628 g/mol. The van der Waals surface area contributed by atoms with Gasteiger partial charge in [-0.1, -0.05) is 158 Å². The molecule has 10 rings (SSSR count). The summed E-state index contributed by atoms with van der Waals surface area (Å²) in [5.74, 6) is 0. The molecule has 49 heavy (non-hydrogen) atoms. The quantitative estimate of drug-likeness (QED) is 0.177. The number of rotatable bonds is 4. The van der Waals surface area contributed by atoms with Crippen molar-refractivity contribution < 1.29 is 11.3 Å². The van der Waals surface area contributed by atoms with Gasteiger partial charge in [-0.15, -0.1) is 0 Å². The van der Waals surface area contributed by atoms with E-state index in [4.69, 9.17) is 11.3 Å². The molecule has 9 aromatic carbocycles. The second kappa shape index (κ2) is 11.1. The van der Waals surface area contributed by atoms with Gasteiger partial charge in [-0.2, -0.15) is 0 Å². The SMILES string of the molecule is [2H]c1c([2H])c([2H])c(-c2ccc3oc4cccc(-c5c6ccccc6c(-c6ccc(-c7ccc8ccccc8c7)cc6)c6ccccc56)c4c3c2)c([2H])c1[2H]. The lowest BCUT2D eigenvalue weighted by atomic mass is 9.84. The molecule has 0 amide bonds. The molecule has 0 bridgehead atoms. The number of hydrogen-bond donors (Lipinski definition) is 0. The van der Waals surface area contributed by atoms with Crippen LogP contribution in [-0.4, -0.2) is 0 Å². The molecule has 0 spiro atoms. The van der Waals surface area contributed by atoms with E-state index in [2.05, 4.69) is 121 Å². The van der Waals surface area contributed by atoms with Gasteiger partial charge in [-0.05, 0) is 101 Å². The van der Waals surface area contributed by atoms with Crippen molar-refractivity contribution in [2.24, 2.45) is 0 Å². The summed E-state index contributed by atoms with van der Waals surface area (Å²) < 4.78 is 48.4. The van der Waals surface area contributed by atoms with E-state index in [1.807, 2.05) is 24.3 Å². The minimum atomic E-state index is -0.408. The van der Waals surface area contributed by atoms with Gasteiger partial charge in [0.1, 0.15) is 11.2 Å². The van der Waals surface area contributed by atoms with E-state index in [0.717, 1.165) is 54.6 Å². The summed E-state index contributed by atoms with van der Waals surface area (Å²) in [5.41, 5.74) is 8.80. The fourth-order valence-electron chi connectivity index (χ4n) is 7.51. The maximum absolute atomic E-state index is 8.64. The molecule has 228 valence electrons. The van der Waals surface area contributed by atoms with E-state index in [1.54, 1.807) is 6.07 Å².